The average molecular weight is 552 g/mol. The summed E-state index contributed by atoms with van der Waals surface area (Å²) in [6.07, 6.45) is 3.36. The summed E-state index contributed by atoms with van der Waals surface area (Å²) in [5.74, 6) is 1.30. The van der Waals surface area contributed by atoms with Crippen LogP contribution in [0, 0.1) is 5.92 Å². The number of urea groups is 1. The van der Waals surface area contributed by atoms with E-state index in [1.807, 2.05) is 23.1 Å². The third-order valence-electron chi connectivity index (χ3n) is 8.33. The summed E-state index contributed by atoms with van der Waals surface area (Å²) in [7, 11) is 1.56. The lowest BCUT2D eigenvalue weighted by molar-refractivity contribution is -0.154. The number of nitrogens with zero attached hydrogens (tertiary/aromatic N) is 2. The standard InChI is InChI=1S/C31H41N3O6/c1-38-28-10-6-5-9-26(28)32-31(37)34-19-24(35)20-39-21-29-27(34)12-11-25(40-29)18-30(36)33-15-13-23(14-16-33)17-22-7-3-2-4-8-22/h2-10,23-25,27,29,35H,11-21H2,1H3,(H,32,37)/t24-,25-,27-,29+/m0/s1. The molecular formula is C31H41N3O6. The summed E-state index contributed by atoms with van der Waals surface area (Å²) in [5, 5.41) is 13.4. The van der Waals surface area contributed by atoms with Gasteiger partial charge in [0.15, 0.2) is 0 Å². The molecule has 3 fully saturated rings. The highest BCUT2D eigenvalue weighted by Gasteiger charge is 2.40. The second kappa shape index (κ2) is 13.5. The lowest BCUT2D eigenvalue weighted by Gasteiger charge is -2.44. The molecule has 3 saturated heterocycles. The Morgan fingerprint density at radius 3 is 2.52 bits per heavy atom. The Hall–Kier alpha value is -3.14. The van der Waals surface area contributed by atoms with Gasteiger partial charge in [-0.05, 0) is 55.7 Å². The molecule has 3 heterocycles. The molecule has 5 rings (SSSR count). The van der Waals surface area contributed by atoms with Crippen LogP contribution in [0.3, 0.4) is 0 Å². The molecule has 3 amide bonds. The number of carbonyl (C=O) groups excluding carboxylic acids is 2. The van der Waals surface area contributed by atoms with Gasteiger partial charge in [0.25, 0.3) is 0 Å². The van der Waals surface area contributed by atoms with Crippen LogP contribution in [0.4, 0.5) is 10.5 Å². The van der Waals surface area contributed by atoms with Gasteiger partial charge in [-0.2, -0.15) is 0 Å². The van der Waals surface area contributed by atoms with Crippen LogP contribution in [-0.4, -0.2) is 91.2 Å². The number of para-hydroxylation sites is 2. The van der Waals surface area contributed by atoms with Gasteiger partial charge in [0, 0.05) is 13.1 Å². The van der Waals surface area contributed by atoms with E-state index in [-0.39, 0.29) is 49.9 Å². The van der Waals surface area contributed by atoms with Crippen LogP contribution >= 0.6 is 0 Å². The first kappa shape index (κ1) is 28.4. The van der Waals surface area contributed by atoms with Crippen molar-refractivity contribution in [2.45, 2.75) is 62.9 Å². The van der Waals surface area contributed by atoms with Gasteiger partial charge in [-0.3, -0.25) is 4.79 Å². The van der Waals surface area contributed by atoms with E-state index in [1.54, 1.807) is 24.1 Å². The molecule has 0 spiro atoms. The molecular weight excluding hydrogens is 510 g/mol. The van der Waals surface area contributed by atoms with Gasteiger partial charge in [-0.15, -0.1) is 0 Å². The molecule has 0 aromatic heterocycles. The molecule has 2 aromatic carbocycles. The lowest BCUT2D eigenvalue weighted by atomic mass is 9.90. The number of benzene rings is 2. The Balaban J connectivity index is 1.16. The van der Waals surface area contributed by atoms with Crippen molar-refractivity contribution in [3.63, 3.8) is 0 Å². The van der Waals surface area contributed by atoms with Crippen molar-refractivity contribution >= 4 is 17.6 Å². The van der Waals surface area contributed by atoms with E-state index >= 15 is 0 Å². The minimum atomic E-state index is -0.798. The van der Waals surface area contributed by atoms with Crippen molar-refractivity contribution in [3.05, 3.63) is 60.2 Å². The molecule has 4 atom stereocenters. The predicted octanol–water partition coefficient (Wildman–Crippen LogP) is 3.71. The van der Waals surface area contributed by atoms with Crippen molar-refractivity contribution < 1.29 is 28.9 Å². The Bertz CT molecular complexity index is 1120. The molecule has 0 aliphatic carbocycles. The fraction of sp³-hybridized carbons (Fsp3) is 0.548. The first-order valence-corrected chi connectivity index (χ1v) is 14.4. The number of fused-ring (bicyclic) bond motifs is 1. The number of nitrogens with one attached hydrogen (secondary N) is 1. The van der Waals surface area contributed by atoms with Crippen molar-refractivity contribution in [1.82, 2.24) is 9.80 Å². The van der Waals surface area contributed by atoms with Crippen LogP contribution < -0.4 is 10.1 Å². The number of β-amino-alcohol motifs (C(OH)–C–C–N with tert-alkyl or cyclic N) is 1. The molecule has 3 aliphatic rings. The molecule has 0 radical (unpaired) electrons. The number of carbonyl (C=O) groups is 2. The number of hydrogen-bond acceptors (Lipinski definition) is 6. The Labute approximate surface area is 236 Å². The number of hydrogen-bond donors (Lipinski definition) is 2. The second-order valence-electron chi connectivity index (χ2n) is 11.1. The number of anilines is 1. The maximum absolute atomic E-state index is 13.4. The molecule has 9 heteroatoms. The van der Waals surface area contributed by atoms with Gasteiger partial charge in [-0.25, -0.2) is 4.79 Å². The maximum Gasteiger partial charge on any atom is 0.322 e. The molecule has 216 valence electrons. The Kier molecular flexibility index (Phi) is 9.57. The van der Waals surface area contributed by atoms with Gasteiger partial charge >= 0.3 is 6.03 Å². The van der Waals surface area contributed by atoms with Gasteiger partial charge < -0.3 is 34.4 Å². The minimum Gasteiger partial charge on any atom is -0.495 e. The van der Waals surface area contributed by atoms with E-state index in [9.17, 15) is 14.7 Å². The van der Waals surface area contributed by atoms with E-state index in [0.29, 0.717) is 36.6 Å². The molecule has 40 heavy (non-hydrogen) atoms. The summed E-state index contributed by atoms with van der Waals surface area (Å²) in [6, 6.07) is 17.2. The van der Waals surface area contributed by atoms with Crippen LogP contribution in [0.1, 0.15) is 37.7 Å². The van der Waals surface area contributed by atoms with Gasteiger partial charge in [0.1, 0.15) is 11.9 Å². The minimum absolute atomic E-state index is 0.118. The van der Waals surface area contributed by atoms with Gasteiger partial charge in [0.2, 0.25) is 5.91 Å². The monoisotopic (exact) mass is 551 g/mol. The fourth-order valence-electron chi connectivity index (χ4n) is 6.17. The largest absolute Gasteiger partial charge is 0.495 e. The van der Waals surface area contributed by atoms with Crippen LogP contribution in [-0.2, 0) is 20.7 Å². The smallest absolute Gasteiger partial charge is 0.322 e. The maximum atomic E-state index is 13.4. The summed E-state index contributed by atoms with van der Waals surface area (Å²) in [6.45, 7) is 2.08. The van der Waals surface area contributed by atoms with Crippen LogP contribution in [0.5, 0.6) is 5.75 Å². The topological polar surface area (TPSA) is 101 Å². The van der Waals surface area contributed by atoms with Crippen molar-refractivity contribution in [1.29, 1.82) is 0 Å². The van der Waals surface area contributed by atoms with E-state index < -0.39 is 6.10 Å². The zero-order valence-electron chi connectivity index (χ0n) is 23.2. The molecule has 2 aromatic rings. The SMILES string of the molecule is COc1ccccc1NC(=O)N1C[C@H](O)COC[C@H]2O[C@H](CC(=O)N3CCC(Cc4ccccc4)CC3)CC[C@@H]21. The molecule has 9 nitrogen and oxygen atoms in total. The third-order valence-corrected chi connectivity index (χ3v) is 8.33. The van der Waals surface area contributed by atoms with Crippen molar-refractivity contribution in [3.8, 4) is 5.75 Å². The third kappa shape index (κ3) is 7.13. The normalized spacial score (nSPS) is 25.9. The van der Waals surface area contributed by atoms with Crippen LogP contribution in [0.2, 0.25) is 0 Å². The molecule has 0 bridgehead atoms. The Morgan fingerprint density at radius 2 is 1.75 bits per heavy atom. The highest BCUT2D eigenvalue weighted by molar-refractivity contribution is 5.91. The zero-order valence-corrected chi connectivity index (χ0v) is 23.2. The fourth-order valence-corrected chi connectivity index (χ4v) is 6.17. The van der Waals surface area contributed by atoms with E-state index in [1.165, 1.54) is 5.56 Å². The number of amides is 3. The number of aliphatic hydroxyl groups is 1. The molecule has 0 saturated carbocycles. The second-order valence-corrected chi connectivity index (χ2v) is 11.1. The first-order valence-electron chi connectivity index (χ1n) is 14.4. The van der Waals surface area contributed by atoms with E-state index in [0.717, 1.165) is 32.4 Å². The van der Waals surface area contributed by atoms with Crippen LogP contribution in [0.15, 0.2) is 54.6 Å². The molecule has 2 N–H and O–H groups in total. The summed E-state index contributed by atoms with van der Waals surface area (Å²) in [5.41, 5.74) is 1.92. The van der Waals surface area contributed by atoms with Crippen molar-refractivity contribution in [2.24, 2.45) is 5.92 Å². The number of likely N-dealkylation sites (tertiary alicyclic amines) is 1. The first-order chi connectivity index (χ1) is 19.5. The zero-order chi connectivity index (χ0) is 27.9. The van der Waals surface area contributed by atoms with E-state index in [2.05, 4.69) is 29.6 Å². The number of methoxy groups -OCH3 is 1. The summed E-state index contributed by atoms with van der Waals surface area (Å²) in [4.78, 5) is 30.2. The number of ether oxygens (including phenoxy) is 3. The van der Waals surface area contributed by atoms with Gasteiger partial charge in [0.05, 0.1) is 57.2 Å². The molecule has 0 unspecified atom stereocenters. The summed E-state index contributed by atoms with van der Waals surface area (Å²) >= 11 is 0. The van der Waals surface area contributed by atoms with Crippen molar-refractivity contribution in [2.75, 3.05) is 45.3 Å². The van der Waals surface area contributed by atoms with Crippen LogP contribution in [0.25, 0.3) is 0 Å². The lowest BCUT2D eigenvalue weighted by Crippen LogP contribution is -2.58. The highest BCUT2D eigenvalue weighted by Crippen LogP contribution is 2.30. The Morgan fingerprint density at radius 1 is 1.00 bits per heavy atom. The average Bonchev–Trinajstić information content (AvgIpc) is 2.96. The summed E-state index contributed by atoms with van der Waals surface area (Å²) < 4.78 is 17.5. The highest BCUT2D eigenvalue weighted by atomic mass is 16.5. The number of piperidine rings is 1. The van der Waals surface area contributed by atoms with Gasteiger partial charge in [-0.1, -0.05) is 42.5 Å². The quantitative estimate of drug-likeness (QED) is 0.568. The molecule has 3 aliphatic heterocycles. The predicted molar refractivity (Wildman–Crippen MR) is 151 cm³/mol. The van der Waals surface area contributed by atoms with E-state index in [4.69, 9.17) is 14.2 Å². The number of rotatable bonds is 6. The number of aliphatic hydroxyl groups excluding tert-OH is 1.